The first-order valence-electron chi connectivity index (χ1n) is 12.2. The third kappa shape index (κ3) is 5.99. The fourth-order valence-corrected chi connectivity index (χ4v) is 5.10. The summed E-state index contributed by atoms with van der Waals surface area (Å²) in [5, 5.41) is 2.60. The van der Waals surface area contributed by atoms with Gasteiger partial charge in [-0.05, 0) is 49.7 Å². The summed E-state index contributed by atoms with van der Waals surface area (Å²) in [6, 6.07) is 13.1. The van der Waals surface area contributed by atoms with Crippen LogP contribution in [0.1, 0.15) is 43.0 Å². The van der Waals surface area contributed by atoms with Crippen molar-refractivity contribution >= 4 is 29.4 Å². The Morgan fingerprint density at radius 3 is 2.47 bits per heavy atom. The van der Waals surface area contributed by atoms with Gasteiger partial charge in [-0.1, -0.05) is 48.5 Å². The summed E-state index contributed by atoms with van der Waals surface area (Å²) in [7, 11) is 0. The summed E-state index contributed by atoms with van der Waals surface area (Å²) in [4.78, 5) is 29.5. The number of nitrogens with one attached hydrogen (secondary N) is 1. The van der Waals surface area contributed by atoms with Crippen molar-refractivity contribution in [3.05, 3.63) is 82.6 Å². The van der Waals surface area contributed by atoms with Crippen molar-refractivity contribution in [2.45, 2.75) is 45.1 Å². The number of esters is 1. The van der Waals surface area contributed by atoms with Crippen LogP contribution in [0.5, 0.6) is 0 Å². The number of hydrogen-bond acceptors (Lipinski definition) is 6. The van der Waals surface area contributed by atoms with Gasteiger partial charge >= 0.3 is 18.2 Å². The number of hydrogen-bond donors (Lipinski definition) is 1. The van der Waals surface area contributed by atoms with Crippen molar-refractivity contribution in [2.24, 2.45) is 0 Å². The number of alkyl halides is 3. The van der Waals surface area contributed by atoms with Gasteiger partial charge in [0.2, 0.25) is 0 Å². The maximum absolute atomic E-state index is 14.0. The summed E-state index contributed by atoms with van der Waals surface area (Å²) in [5.41, 5.74) is -0.123. The number of rotatable bonds is 6. The van der Waals surface area contributed by atoms with Gasteiger partial charge in [0.25, 0.3) is 0 Å². The van der Waals surface area contributed by atoms with Crippen LogP contribution >= 0.6 is 12.2 Å². The highest BCUT2D eigenvalue weighted by Gasteiger charge is 2.46. The number of nitrogens with zero attached hydrogens (tertiary/aromatic N) is 2. The quantitative estimate of drug-likeness (QED) is 0.395. The minimum Gasteiger partial charge on any atom is -0.463 e. The summed E-state index contributed by atoms with van der Waals surface area (Å²) in [6.07, 6.45) is -5.62. The Bertz CT molecular complexity index is 1240. The predicted molar refractivity (Wildman–Crippen MR) is 138 cm³/mol. The van der Waals surface area contributed by atoms with E-state index >= 15 is 0 Å². The van der Waals surface area contributed by atoms with Crippen LogP contribution in [0.3, 0.4) is 0 Å². The van der Waals surface area contributed by atoms with Crippen LogP contribution in [-0.2, 0) is 27.0 Å². The fourth-order valence-electron chi connectivity index (χ4n) is 4.77. The molecule has 1 amide bonds. The zero-order valence-corrected chi connectivity index (χ0v) is 21.8. The minimum atomic E-state index is -4.74. The largest absolute Gasteiger partial charge is 0.463 e. The van der Waals surface area contributed by atoms with E-state index in [9.17, 15) is 22.8 Å². The molecule has 0 aliphatic carbocycles. The van der Waals surface area contributed by atoms with Crippen molar-refractivity contribution < 1.29 is 32.2 Å². The molecule has 1 fully saturated rings. The van der Waals surface area contributed by atoms with E-state index in [1.807, 2.05) is 30.3 Å². The zero-order valence-electron chi connectivity index (χ0n) is 21.0. The molecule has 0 spiro atoms. The molecule has 1 N–H and O–H groups in total. The van der Waals surface area contributed by atoms with E-state index in [4.69, 9.17) is 21.7 Å². The third-order valence-corrected chi connectivity index (χ3v) is 6.75. The normalized spacial score (nSPS) is 20.3. The van der Waals surface area contributed by atoms with E-state index in [1.165, 1.54) is 25.1 Å². The standard InChI is InChI=1S/C27H28F3N3O4S/c1-3-36-24(34)22-17(2)31-25(38)33(23(22)20-11-7-8-12-21(20)27(28,29)30)26(35)37-19-13-14-32(16-19)15-18-9-5-4-6-10-18/h4-12,19,23H,3,13-16H2,1-2H3,(H,31,38)/t19-,23?/m0/s1. The molecule has 0 bridgehead atoms. The molecule has 7 nitrogen and oxygen atoms in total. The van der Waals surface area contributed by atoms with Crippen molar-refractivity contribution in [1.29, 1.82) is 0 Å². The van der Waals surface area contributed by atoms with E-state index in [1.54, 1.807) is 6.92 Å². The average Bonchev–Trinajstić information content (AvgIpc) is 3.30. The summed E-state index contributed by atoms with van der Waals surface area (Å²) >= 11 is 5.39. The Morgan fingerprint density at radius 2 is 1.79 bits per heavy atom. The Kier molecular flexibility index (Phi) is 8.37. The van der Waals surface area contributed by atoms with Gasteiger partial charge in [0.15, 0.2) is 5.11 Å². The van der Waals surface area contributed by atoms with Crippen LogP contribution < -0.4 is 5.32 Å². The van der Waals surface area contributed by atoms with Crippen LogP contribution in [0.4, 0.5) is 18.0 Å². The molecule has 2 aromatic carbocycles. The van der Waals surface area contributed by atoms with Crippen molar-refractivity contribution in [1.82, 2.24) is 15.1 Å². The first kappa shape index (κ1) is 27.6. The molecule has 1 saturated heterocycles. The average molecular weight is 548 g/mol. The number of thiocarbonyl (C=S) groups is 1. The highest BCUT2D eigenvalue weighted by molar-refractivity contribution is 7.80. The molecule has 2 aliphatic heterocycles. The van der Waals surface area contributed by atoms with E-state index in [2.05, 4.69) is 10.2 Å². The maximum atomic E-state index is 14.0. The van der Waals surface area contributed by atoms with Crippen LogP contribution in [0.25, 0.3) is 0 Å². The molecule has 4 rings (SSSR count). The van der Waals surface area contributed by atoms with E-state index in [0.29, 0.717) is 26.1 Å². The first-order chi connectivity index (χ1) is 18.1. The molecule has 0 saturated carbocycles. The smallest absolute Gasteiger partial charge is 0.417 e. The van der Waals surface area contributed by atoms with E-state index in [0.717, 1.165) is 16.5 Å². The van der Waals surface area contributed by atoms with Gasteiger partial charge in [-0.3, -0.25) is 4.90 Å². The highest BCUT2D eigenvalue weighted by Crippen LogP contribution is 2.42. The van der Waals surface area contributed by atoms with Crippen LogP contribution in [0.2, 0.25) is 0 Å². The van der Waals surface area contributed by atoms with Crippen molar-refractivity contribution in [2.75, 3.05) is 19.7 Å². The SMILES string of the molecule is CCOC(=O)C1=C(C)NC(=S)N(C(=O)O[C@H]2CCN(Cc3ccccc3)C2)C1c1ccccc1C(F)(F)F. The van der Waals surface area contributed by atoms with Gasteiger partial charge in [-0.15, -0.1) is 0 Å². The molecule has 38 heavy (non-hydrogen) atoms. The summed E-state index contributed by atoms with van der Waals surface area (Å²) in [5.74, 6) is -0.852. The number of allylic oxidation sites excluding steroid dienone is 1. The highest BCUT2D eigenvalue weighted by atomic mass is 32.1. The lowest BCUT2D eigenvalue weighted by molar-refractivity contribution is -0.141. The molecule has 2 heterocycles. The van der Waals surface area contributed by atoms with Gasteiger partial charge in [-0.2, -0.15) is 13.2 Å². The van der Waals surface area contributed by atoms with Gasteiger partial charge < -0.3 is 14.8 Å². The molecule has 2 aromatic rings. The van der Waals surface area contributed by atoms with Gasteiger partial charge in [-0.25, -0.2) is 14.5 Å². The van der Waals surface area contributed by atoms with Gasteiger partial charge in [0, 0.05) is 25.3 Å². The second-order valence-electron chi connectivity index (χ2n) is 9.06. The first-order valence-corrected chi connectivity index (χ1v) is 12.6. The monoisotopic (exact) mass is 547 g/mol. The number of halogens is 3. The lowest BCUT2D eigenvalue weighted by Gasteiger charge is -2.38. The number of carbonyl (C=O) groups is 2. The lowest BCUT2D eigenvalue weighted by Crippen LogP contribution is -2.52. The maximum Gasteiger partial charge on any atom is 0.417 e. The Labute approximate surface area is 224 Å². The Morgan fingerprint density at radius 1 is 1.11 bits per heavy atom. The van der Waals surface area contributed by atoms with E-state index < -0.39 is 35.9 Å². The molecule has 202 valence electrons. The number of ether oxygens (including phenoxy) is 2. The second kappa shape index (κ2) is 11.5. The molecule has 2 aliphatic rings. The number of likely N-dealkylation sites (tertiary alicyclic amines) is 1. The topological polar surface area (TPSA) is 71.1 Å². The molecule has 11 heteroatoms. The summed E-state index contributed by atoms with van der Waals surface area (Å²) in [6.45, 7) is 4.90. The number of amides is 1. The molecule has 1 unspecified atom stereocenters. The Hall–Kier alpha value is -3.44. The minimum absolute atomic E-state index is 0.00251. The van der Waals surface area contributed by atoms with Crippen LogP contribution in [0.15, 0.2) is 65.9 Å². The second-order valence-corrected chi connectivity index (χ2v) is 9.45. The molecule has 0 radical (unpaired) electrons. The van der Waals surface area contributed by atoms with Gasteiger partial charge in [0.1, 0.15) is 12.1 Å². The molecular formula is C27H28F3N3O4S. The van der Waals surface area contributed by atoms with Crippen LogP contribution in [0, 0.1) is 0 Å². The molecule has 2 atom stereocenters. The summed E-state index contributed by atoms with van der Waals surface area (Å²) < 4.78 is 53.0. The molecule has 0 aromatic heterocycles. The van der Waals surface area contributed by atoms with Crippen molar-refractivity contribution in [3.8, 4) is 0 Å². The number of benzene rings is 2. The van der Waals surface area contributed by atoms with E-state index in [-0.39, 0.29) is 28.6 Å². The van der Waals surface area contributed by atoms with Crippen LogP contribution in [-0.4, -0.2) is 52.8 Å². The molecular weight excluding hydrogens is 519 g/mol. The third-order valence-electron chi connectivity index (χ3n) is 6.45. The van der Waals surface area contributed by atoms with Gasteiger partial charge in [0.05, 0.1) is 17.7 Å². The number of carbonyl (C=O) groups excluding carboxylic acids is 2. The van der Waals surface area contributed by atoms with Crippen molar-refractivity contribution in [3.63, 3.8) is 0 Å². The Balaban J connectivity index is 1.64. The zero-order chi connectivity index (χ0) is 27.4. The lowest BCUT2D eigenvalue weighted by atomic mass is 9.90. The predicted octanol–water partition coefficient (Wildman–Crippen LogP) is 5.18. The fraction of sp³-hybridized carbons (Fsp3) is 0.370.